The van der Waals surface area contributed by atoms with Crippen LogP contribution in [0.2, 0.25) is 0 Å². The van der Waals surface area contributed by atoms with Crippen LogP contribution >= 0.6 is 15.9 Å². The predicted octanol–water partition coefficient (Wildman–Crippen LogP) is 4.79. The number of piperidine rings is 1. The molecule has 3 heterocycles. The van der Waals surface area contributed by atoms with Gasteiger partial charge in [-0.3, -0.25) is 9.69 Å². The van der Waals surface area contributed by atoms with Gasteiger partial charge in [0.1, 0.15) is 11.6 Å². The summed E-state index contributed by atoms with van der Waals surface area (Å²) in [6.45, 7) is 4.24. The van der Waals surface area contributed by atoms with E-state index in [0.717, 1.165) is 66.1 Å². The maximum atomic E-state index is 12.9. The first kappa shape index (κ1) is 22.9. The number of ether oxygens (including phenoxy) is 1. The molecule has 7 heteroatoms. The predicted molar refractivity (Wildman–Crippen MR) is 137 cm³/mol. The lowest BCUT2D eigenvalue weighted by molar-refractivity contribution is 0.0909. The molecule has 0 unspecified atom stereocenters. The van der Waals surface area contributed by atoms with Gasteiger partial charge in [0.25, 0.3) is 5.91 Å². The second kappa shape index (κ2) is 10.6. The summed E-state index contributed by atoms with van der Waals surface area (Å²) in [6.07, 6.45) is 4.56. The third-order valence-corrected chi connectivity index (χ3v) is 7.07. The number of likely N-dealkylation sites (tertiary alicyclic amines) is 1. The van der Waals surface area contributed by atoms with E-state index in [2.05, 4.69) is 66.8 Å². The monoisotopic (exact) mass is 520 g/mol. The van der Waals surface area contributed by atoms with Crippen LogP contribution in [0.25, 0.3) is 0 Å². The number of carbonyl (C=O) groups is 1. The number of fused-ring (bicyclic) bond motifs is 1. The fourth-order valence-electron chi connectivity index (χ4n) is 4.66. The molecule has 1 fully saturated rings. The molecule has 1 aromatic heterocycles. The molecular weight excluding hydrogens is 492 g/mol. The minimum absolute atomic E-state index is 0.000539. The molecule has 0 saturated carbocycles. The molecule has 0 aliphatic carbocycles. The summed E-state index contributed by atoms with van der Waals surface area (Å²) in [5, 5.41) is 6.65. The van der Waals surface area contributed by atoms with Crippen molar-refractivity contribution in [2.75, 3.05) is 25.0 Å². The van der Waals surface area contributed by atoms with Gasteiger partial charge in [-0.2, -0.15) is 0 Å². The Balaban J connectivity index is 1.14. The number of amides is 1. The van der Waals surface area contributed by atoms with E-state index in [0.29, 0.717) is 18.7 Å². The van der Waals surface area contributed by atoms with Crippen molar-refractivity contribution >= 4 is 27.7 Å². The highest BCUT2D eigenvalue weighted by Gasteiger charge is 2.22. The average Bonchev–Trinajstić information content (AvgIpc) is 3.37. The van der Waals surface area contributed by atoms with Crippen molar-refractivity contribution < 1.29 is 9.53 Å². The Hall–Kier alpha value is -2.90. The van der Waals surface area contributed by atoms with E-state index in [1.165, 1.54) is 5.56 Å². The van der Waals surface area contributed by atoms with Crippen LogP contribution in [0.15, 0.2) is 65.3 Å². The van der Waals surface area contributed by atoms with Crippen LogP contribution in [0.1, 0.15) is 39.9 Å². The molecular formula is C27H29BrN4O2. The van der Waals surface area contributed by atoms with Crippen molar-refractivity contribution in [1.29, 1.82) is 0 Å². The molecule has 0 bridgehead atoms. The van der Waals surface area contributed by atoms with E-state index in [4.69, 9.17) is 4.74 Å². The number of rotatable bonds is 7. The standard InChI is InChI=1S/C27H29BrN4O2/c28-24-17-30-26(23-11-14-34-25(23)24)29-16-20-7-4-8-21(15-20)27(33)31-22-9-12-32(13-10-22)18-19-5-2-1-3-6-19/h1-8,15,17,22H,9-14,16,18H2,(H,29,30)(H,31,33). The van der Waals surface area contributed by atoms with Crippen LogP contribution in [0.5, 0.6) is 5.75 Å². The number of anilines is 1. The third kappa shape index (κ3) is 5.42. The lowest BCUT2D eigenvalue weighted by Gasteiger charge is -2.32. The van der Waals surface area contributed by atoms with Gasteiger partial charge in [0.2, 0.25) is 0 Å². The van der Waals surface area contributed by atoms with E-state index < -0.39 is 0 Å². The largest absolute Gasteiger partial charge is 0.492 e. The molecule has 6 nitrogen and oxygen atoms in total. The average molecular weight is 521 g/mol. The van der Waals surface area contributed by atoms with Crippen LogP contribution in [0, 0.1) is 0 Å². The first-order valence-electron chi connectivity index (χ1n) is 11.9. The lowest BCUT2D eigenvalue weighted by Crippen LogP contribution is -2.44. The number of pyridine rings is 1. The molecule has 1 saturated heterocycles. The van der Waals surface area contributed by atoms with E-state index in [1.54, 1.807) is 6.20 Å². The highest BCUT2D eigenvalue weighted by atomic mass is 79.9. The first-order chi connectivity index (χ1) is 16.7. The normalized spacial score (nSPS) is 16.0. The molecule has 5 rings (SSSR count). The van der Waals surface area contributed by atoms with Crippen LogP contribution in [-0.2, 0) is 19.5 Å². The zero-order valence-electron chi connectivity index (χ0n) is 19.1. The van der Waals surface area contributed by atoms with E-state index >= 15 is 0 Å². The maximum absolute atomic E-state index is 12.9. The molecule has 3 aromatic rings. The smallest absolute Gasteiger partial charge is 0.251 e. The highest BCUT2D eigenvalue weighted by molar-refractivity contribution is 9.10. The van der Waals surface area contributed by atoms with Gasteiger partial charge >= 0.3 is 0 Å². The van der Waals surface area contributed by atoms with Crippen molar-refractivity contribution in [2.45, 2.75) is 38.4 Å². The zero-order chi connectivity index (χ0) is 23.3. The molecule has 176 valence electrons. The number of nitrogens with one attached hydrogen (secondary N) is 2. The third-order valence-electron chi connectivity index (χ3n) is 6.50. The topological polar surface area (TPSA) is 66.5 Å². The number of halogens is 1. The van der Waals surface area contributed by atoms with Crippen molar-refractivity contribution in [3.63, 3.8) is 0 Å². The minimum atomic E-state index is -0.000539. The van der Waals surface area contributed by atoms with Crippen molar-refractivity contribution in [2.24, 2.45) is 0 Å². The molecule has 0 spiro atoms. The Morgan fingerprint density at radius 2 is 1.88 bits per heavy atom. The van der Waals surface area contributed by atoms with Crippen LogP contribution in [0.3, 0.4) is 0 Å². The molecule has 0 radical (unpaired) electrons. The number of hydrogen-bond acceptors (Lipinski definition) is 5. The number of nitrogens with zero attached hydrogens (tertiary/aromatic N) is 2. The Morgan fingerprint density at radius 3 is 2.71 bits per heavy atom. The molecule has 2 aliphatic heterocycles. The van der Waals surface area contributed by atoms with Gasteiger partial charge in [-0.25, -0.2) is 4.98 Å². The quantitative estimate of drug-likeness (QED) is 0.469. The van der Waals surface area contributed by atoms with Gasteiger partial charge in [-0.15, -0.1) is 0 Å². The summed E-state index contributed by atoms with van der Waals surface area (Å²) in [5.41, 5.74) is 4.18. The van der Waals surface area contributed by atoms with Crippen LogP contribution in [0.4, 0.5) is 5.82 Å². The van der Waals surface area contributed by atoms with Crippen molar-refractivity contribution in [1.82, 2.24) is 15.2 Å². The SMILES string of the molecule is O=C(NC1CCN(Cc2ccccc2)CC1)c1cccc(CNc2ncc(Br)c3c2CCO3)c1. The Kier molecular flexibility index (Phi) is 7.11. The Labute approximate surface area is 208 Å². The Morgan fingerprint density at radius 1 is 1.09 bits per heavy atom. The van der Waals surface area contributed by atoms with Crippen molar-refractivity contribution in [3.05, 3.63) is 87.5 Å². The molecule has 2 N–H and O–H groups in total. The first-order valence-corrected chi connectivity index (χ1v) is 12.6. The molecule has 1 amide bonds. The number of benzene rings is 2. The molecule has 2 aromatic carbocycles. The lowest BCUT2D eigenvalue weighted by atomic mass is 10.0. The maximum Gasteiger partial charge on any atom is 0.251 e. The summed E-state index contributed by atoms with van der Waals surface area (Å²) in [7, 11) is 0. The van der Waals surface area contributed by atoms with Gasteiger partial charge in [0.15, 0.2) is 0 Å². The molecule has 2 aliphatic rings. The summed E-state index contributed by atoms with van der Waals surface area (Å²) >= 11 is 3.50. The van der Waals surface area contributed by atoms with Gasteiger partial charge in [0.05, 0.1) is 11.1 Å². The summed E-state index contributed by atoms with van der Waals surface area (Å²) < 4.78 is 6.58. The van der Waals surface area contributed by atoms with E-state index in [-0.39, 0.29) is 11.9 Å². The second-order valence-electron chi connectivity index (χ2n) is 8.92. The fourth-order valence-corrected chi connectivity index (χ4v) is 5.12. The molecule has 34 heavy (non-hydrogen) atoms. The van der Waals surface area contributed by atoms with Gasteiger partial charge in [-0.1, -0.05) is 42.5 Å². The summed E-state index contributed by atoms with van der Waals surface area (Å²) in [5.74, 6) is 1.72. The fraction of sp³-hybridized carbons (Fsp3) is 0.333. The van der Waals surface area contributed by atoms with Gasteiger partial charge in [0, 0.05) is 56.0 Å². The second-order valence-corrected chi connectivity index (χ2v) is 9.78. The Bertz CT molecular complexity index is 1150. The van der Waals surface area contributed by atoms with Crippen LogP contribution < -0.4 is 15.4 Å². The zero-order valence-corrected chi connectivity index (χ0v) is 20.7. The number of aromatic nitrogens is 1. The van der Waals surface area contributed by atoms with E-state index in [9.17, 15) is 4.79 Å². The molecule has 0 atom stereocenters. The van der Waals surface area contributed by atoms with Gasteiger partial charge in [-0.05, 0) is 52.0 Å². The number of hydrogen-bond donors (Lipinski definition) is 2. The van der Waals surface area contributed by atoms with Gasteiger partial charge < -0.3 is 15.4 Å². The number of carbonyl (C=O) groups excluding carboxylic acids is 1. The minimum Gasteiger partial charge on any atom is -0.492 e. The summed E-state index contributed by atoms with van der Waals surface area (Å²) in [6, 6.07) is 18.6. The van der Waals surface area contributed by atoms with Crippen molar-refractivity contribution in [3.8, 4) is 5.75 Å². The summed E-state index contributed by atoms with van der Waals surface area (Å²) in [4.78, 5) is 19.9. The van der Waals surface area contributed by atoms with Crippen LogP contribution in [-0.4, -0.2) is 41.5 Å². The highest BCUT2D eigenvalue weighted by Crippen LogP contribution is 2.36. The van der Waals surface area contributed by atoms with E-state index in [1.807, 2.05) is 24.3 Å².